The van der Waals surface area contributed by atoms with Crippen LogP contribution in [0.4, 0.5) is 0 Å². The maximum absolute atomic E-state index is 11.9. The van der Waals surface area contributed by atoms with E-state index >= 15 is 0 Å². The van der Waals surface area contributed by atoms with Crippen LogP contribution in [0, 0.1) is 5.92 Å². The minimum atomic E-state index is -0.640. The van der Waals surface area contributed by atoms with Crippen molar-refractivity contribution in [2.45, 2.75) is 13.0 Å². The van der Waals surface area contributed by atoms with Crippen molar-refractivity contribution in [2.24, 2.45) is 5.92 Å². The first-order valence-corrected chi connectivity index (χ1v) is 8.18. The third-order valence-corrected chi connectivity index (χ3v) is 4.46. The van der Waals surface area contributed by atoms with Gasteiger partial charge in [0.1, 0.15) is 0 Å². The normalized spacial score (nSPS) is 17.8. The SMILES string of the molecule is O=C(NCC1CCN(Cc2ccncc2Cl)C1)C(=O)c1ccco1. The lowest BCUT2D eigenvalue weighted by atomic mass is 10.1. The number of likely N-dealkylation sites (tertiary alicyclic amines) is 1. The molecule has 1 aliphatic heterocycles. The van der Waals surface area contributed by atoms with Gasteiger partial charge in [0.15, 0.2) is 5.76 Å². The van der Waals surface area contributed by atoms with Crippen LogP contribution in [0.15, 0.2) is 41.3 Å². The second-order valence-corrected chi connectivity index (χ2v) is 6.28. The molecule has 126 valence electrons. The van der Waals surface area contributed by atoms with E-state index in [-0.39, 0.29) is 5.76 Å². The molecule has 1 amide bonds. The van der Waals surface area contributed by atoms with E-state index in [9.17, 15) is 9.59 Å². The standard InChI is InChI=1S/C17H18ClN3O3/c18-14-9-19-5-3-13(14)11-21-6-4-12(10-21)8-20-17(23)16(22)15-2-1-7-24-15/h1-3,5,7,9,12H,4,6,8,10-11H2,(H,20,23). The molecule has 2 aromatic heterocycles. The fraction of sp³-hybridized carbons (Fsp3) is 0.353. The summed E-state index contributed by atoms with van der Waals surface area (Å²) in [4.78, 5) is 29.9. The molecule has 1 saturated heterocycles. The number of nitrogens with one attached hydrogen (secondary N) is 1. The van der Waals surface area contributed by atoms with Crippen LogP contribution >= 0.6 is 11.6 Å². The predicted molar refractivity (Wildman–Crippen MR) is 88.7 cm³/mol. The molecular weight excluding hydrogens is 330 g/mol. The second-order valence-electron chi connectivity index (χ2n) is 5.87. The summed E-state index contributed by atoms with van der Waals surface area (Å²) in [5.74, 6) is -0.883. The zero-order chi connectivity index (χ0) is 16.9. The van der Waals surface area contributed by atoms with Gasteiger partial charge in [-0.25, -0.2) is 0 Å². The Hall–Kier alpha value is -2.18. The molecule has 1 fully saturated rings. The monoisotopic (exact) mass is 347 g/mol. The number of furan rings is 1. The first kappa shape index (κ1) is 16.7. The highest BCUT2D eigenvalue weighted by atomic mass is 35.5. The molecule has 3 rings (SSSR count). The maximum atomic E-state index is 11.9. The van der Waals surface area contributed by atoms with Crippen molar-refractivity contribution >= 4 is 23.3 Å². The fourth-order valence-corrected chi connectivity index (χ4v) is 3.01. The molecular formula is C17H18ClN3O3. The summed E-state index contributed by atoms with van der Waals surface area (Å²) >= 11 is 6.13. The van der Waals surface area contributed by atoms with Gasteiger partial charge in [0.25, 0.3) is 11.7 Å². The topological polar surface area (TPSA) is 75.4 Å². The molecule has 3 heterocycles. The molecule has 0 radical (unpaired) electrons. The Kier molecular flexibility index (Phi) is 5.27. The van der Waals surface area contributed by atoms with Gasteiger partial charge in [-0.1, -0.05) is 11.6 Å². The number of pyridine rings is 1. The molecule has 1 N–H and O–H groups in total. The number of hydrogen-bond acceptors (Lipinski definition) is 5. The van der Waals surface area contributed by atoms with Crippen LogP contribution in [0.5, 0.6) is 0 Å². The maximum Gasteiger partial charge on any atom is 0.295 e. The van der Waals surface area contributed by atoms with E-state index in [0.29, 0.717) is 17.5 Å². The largest absolute Gasteiger partial charge is 0.461 e. The first-order valence-electron chi connectivity index (χ1n) is 7.80. The smallest absolute Gasteiger partial charge is 0.295 e. The van der Waals surface area contributed by atoms with E-state index in [2.05, 4.69) is 15.2 Å². The Labute approximate surface area is 144 Å². The zero-order valence-electron chi connectivity index (χ0n) is 13.1. The van der Waals surface area contributed by atoms with Gasteiger partial charge >= 0.3 is 0 Å². The van der Waals surface area contributed by atoms with Crippen molar-refractivity contribution in [1.82, 2.24) is 15.2 Å². The summed E-state index contributed by atoms with van der Waals surface area (Å²) in [7, 11) is 0. The third-order valence-electron chi connectivity index (χ3n) is 4.12. The van der Waals surface area contributed by atoms with Crippen molar-refractivity contribution in [1.29, 1.82) is 0 Å². The molecule has 1 atom stereocenters. The Morgan fingerprint density at radius 2 is 2.29 bits per heavy atom. The van der Waals surface area contributed by atoms with Crippen LogP contribution < -0.4 is 5.32 Å². The first-order chi connectivity index (χ1) is 11.6. The highest BCUT2D eigenvalue weighted by Gasteiger charge is 2.25. The Morgan fingerprint density at radius 3 is 3.04 bits per heavy atom. The van der Waals surface area contributed by atoms with Gasteiger partial charge in [0, 0.05) is 32.0 Å². The number of amides is 1. The molecule has 0 aliphatic carbocycles. The molecule has 1 unspecified atom stereocenters. The number of halogens is 1. The van der Waals surface area contributed by atoms with Crippen molar-refractivity contribution < 1.29 is 14.0 Å². The molecule has 2 aromatic rings. The van der Waals surface area contributed by atoms with E-state index in [1.165, 1.54) is 12.3 Å². The highest BCUT2D eigenvalue weighted by molar-refractivity contribution is 6.42. The number of Topliss-reactive ketones (excluding diaryl/α,β-unsaturated/α-hetero) is 1. The molecule has 0 aromatic carbocycles. The van der Waals surface area contributed by atoms with Gasteiger partial charge in [-0.3, -0.25) is 19.5 Å². The van der Waals surface area contributed by atoms with Crippen LogP contribution in [-0.2, 0) is 11.3 Å². The van der Waals surface area contributed by atoms with Crippen LogP contribution in [0.1, 0.15) is 22.5 Å². The molecule has 0 spiro atoms. The summed E-state index contributed by atoms with van der Waals surface area (Å²) in [5, 5.41) is 3.36. The number of hydrogen-bond donors (Lipinski definition) is 1. The molecule has 24 heavy (non-hydrogen) atoms. The second kappa shape index (κ2) is 7.59. The average Bonchev–Trinajstić information content (AvgIpc) is 3.26. The number of rotatable bonds is 6. The lowest BCUT2D eigenvalue weighted by Gasteiger charge is -2.17. The van der Waals surface area contributed by atoms with E-state index in [1.807, 2.05) is 6.07 Å². The minimum Gasteiger partial charge on any atom is -0.461 e. The van der Waals surface area contributed by atoms with Crippen LogP contribution in [0.2, 0.25) is 5.02 Å². The van der Waals surface area contributed by atoms with Crippen molar-refractivity contribution in [3.63, 3.8) is 0 Å². The van der Waals surface area contributed by atoms with Gasteiger partial charge < -0.3 is 9.73 Å². The minimum absolute atomic E-state index is 0.0628. The third kappa shape index (κ3) is 4.01. The van der Waals surface area contributed by atoms with Gasteiger partial charge in [-0.05, 0) is 42.6 Å². The van der Waals surface area contributed by atoms with Gasteiger partial charge in [-0.15, -0.1) is 0 Å². The molecule has 0 bridgehead atoms. The summed E-state index contributed by atoms with van der Waals surface area (Å²) in [6.45, 7) is 3.03. The fourth-order valence-electron chi connectivity index (χ4n) is 2.83. The van der Waals surface area contributed by atoms with Crippen LogP contribution in [0.3, 0.4) is 0 Å². The van der Waals surface area contributed by atoms with E-state index < -0.39 is 11.7 Å². The Balaban J connectivity index is 1.46. The number of carbonyl (C=O) groups is 2. The predicted octanol–water partition coefficient (Wildman–Crippen LogP) is 2.15. The van der Waals surface area contributed by atoms with E-state index in [4.69, 9.17) is 16.0 Å². The summed E-state index contributed by atoms with van der Waals surface area (Å²) < 4.78 is 4.95. The quantitative estimate of drug-likeness (QED) is 0.640. The summed E-state index contributed by atoms with van der Waals surface area (Å²) in [5.41, 5.74) is 1.05. The highest BCUT2D eigenvalue weighted by Crippen LogP contribution is 2.21. The average molecular weight is 348 g/mol. The van der Waals surface area contributed by atoms with Crippen molar-refractivity contribution in [3.8, 4) is 0 Å². The molecule has 7 heteroatoms. The number of nitrogens with zero attached hydrogens (tertiary/aromatic N) is 2. The number of ketones is 1. The Bertz CT molecular complexity index is 718. The van der Waals surface area contributed by atoms with E-state index in [0.717, 1.165) is 31.6 Å². The van der Waals surface area contributed by atoms with Crippen LogP contribution in [0.25, 0.3) is 0 Å². The summed E-state index contributed by atoms with van der Waals surface area (Å²) in [6.07, 6.45) is 5.72. The lowest BCUT2D eigenvalue weighted by molar-refractivity contribution is -0.117. The number of aromatic nitrogens is 1. The number of carbonyl (C=O) groups excluding carboxylic acids is 2. The van der Waals surface area contributed by atoms with E-state index in [1.54, 1.807) is 18.5 Å². The van der Waals surface area contributed by atoms with Crippen molar-refractivity contribution in [2.75, 3.05) is 19.6 Å². The zero-order valence-corrected chi connectivity index (χ0v) is 13.8. The summed E-state index contributed by atoms with van der Waals surface area (Å²) in [6, 6.07) is 4.98. The van der Waals surface area contributed by atoms with Gasteiger partial charge in [0.2, 0.25) is 0 Å². The Morgan fingerprint density at radius 1 is 1.42 bits per heavy atom. The van der Waals surface area contributed by atoms with Crippen molar-refractivity contribution in [3.05, 3.63) is 53.2 Å². The molecule has 6 nitrogen and oxygen atoms in total. The van der Waals surface area contributed by atoms with Crippen LogP contribution in [-0.4, -0.2) is 41.2 Å². The van der Waals surface area contributed by atoms with Gasteiger partial charge in [0.05, 0.1) is 11.3 Å². The molecule has 1 aliphatic rings. The lowest BCUT2D eigenvalue weighted by Crippen LogP contribution is -2.35. The van der Waals surface area contributed by atoms with Gasteiger partial charge in [-0.2, -0.15) is 0 Å². The molecule has 0 saturated carbocycles.